The van der Waals surface area contributed by atoms with E-state index in [1.54, 1.807) is 0 Å². The number of aliphatic hydroxyl groups excluding tert-OH is 1. The maximum atomic E-state index is 9.68. The number of hydrogen-bond acceptors (Lipinski definition) is 2. The van der Waals surface area contributed by atoms with Crippen LogP contribution in [0.1, 0.15) is 84.5 Å². The van der Waals surface area contributed by atoms with Gasteiger partial charge in [-0.1, -0.05) is 65.2 Å². The summed E-state index contributed by atoms with van der Waals surface area (Å²) in [7, 11) is 0. The first-order valence-electron chi connectivity index (χ1n) is 7.72. The van der Waals surface area contributed by atoms with Gasteiger partial charge in [-0.25, -0.2) is 0 Å². The van der Waals surface area contributed by atoms with Crippen LogP contribution < -0.4 is 5.32 Å². The molecule has 0 spiro atoms. The minimum absolute atomic E-state index is 0.275. The van der Waals surface area contributed by atoms with Gasteiger partial charge in [0.05, 0.1) is 0 Å². The van der Waals surface area contributed by atoms with Gasteiger partial charge in [0, 0.05) is 0 Å². The fourth-order valence-electron chi connectivity index (χ4n) is 2.04. The Morgan fingerprint density at radius 2 is 1.29 bits per heavy atom. The molecule has 104 valence electrons. The lowest BCUT2D eigenvalue weighted by Gasteiger charge is -2.12. The summed E-state index contributed by atoms with van der Waals surface area (Å²) in [4.78, 5) is 0. The summed E-state index contributed by atoms with van der Waals surface area (Å²) in [5.41, 5.74) is 0. The second-order valence-electron chi connectivity index (χ2n) is 5.09. The molecule has 0 aliphatic rings. The third-order valence-electron chi connectivity index (χ3n) is 3.24. The molecule has 1 atom stereocenters. The molecule has 0 aliphatic carbocycles. The van der Waals surface area contributed by atoms with Crippen LogP contribution in [0.25, 0.3) is 0 Å². The number of nitrogens with one attached hydrogen (secondary N) is 1. The summed E-state index contributed by atoms with van der Waals surface area (Å²) >= 11 is 0. The third-order valence-corrected chi connectivity index (χ3v) is 3.24. The normalized spacial score (nSPS) is 12.9. The van der Waals surface area contributed by atoms with Crippen LogP contribution in [-0.4, -0.2) is 17.9 Å². The standard InChI is InChI=1S/C15H33NO/c1-3-5-7-8-9-10-11-13-15(17)16-14-12-6-4-2/h15-17H,3-14H2,1-2H3. The maximum Gasteiger partial charge on any atom is 0.104 e. The van der Waals surface area contributed by atoms with Gasteiger partial charge in [-0.3, -0.25) is 5.32 Å². The smallest absolute Gasteiger partial charge is 0.104 e. The highest BCUT2D eigenvalue weighted by Crippen LogP contribution is 2.09. The van der Waals surface area contributed by atoms with Gasteiger partial charge >= 0.3 is 0 Å². The molecule has 0 radical (unpaired) electrons. The van der Waals surface area contributed by atoms with Crippen molar-refractivity contribution in [3.8, 4) is 0 Å². The van der Waals surface area contributed by atoms with Gasteiger partial charge in [0.25, 0.3) is 0 Å². The molecule has 0 aromatic rings. The van der Waals surface area contributed by atoms with Crippen LogP contribution >= 0.6 is 0 Å². The van der Waals surface area contributed by atoms with Crippen molar-refractivity contribution in [2.45, 2.75) is 90.7 Å². The zero-order valence-electron chi connectivity index (χ0n) is 12.0. The fraction of sp³-hybridized carbons (Fsp3) is 1.00. The van der Waals surface area contributed by atoms with Gasteiger partial charge in [-0.2, -0.15) is 0 Å². The van der Waals surface area contributed by atoms with Gasteiger partial charge in [-0.15, -0.1) is 0 Å². The molecule has 0 aliphatic heterocycles. The van der Waals surface area contributed by atoms with Crippen LogP contribution in [0.15, 0.2) is 0 Å². The zero-order valence-corrected chi connectivity index (χ0v) is 12.0. The van der Waals surface area contributed by atoms with Crippen LogP contribution in [0, 0.1) is 0 Å². The highest BCUT2D eigenvalue weighted by atomic mass is 16.3. The fourth-order valence-corrected chi connectivity index (χ4v) is 2.04. The van der Waals surface area contributed by atoms with Crippen molar-refractivity contribution >= 4 is 0 Å². The lowest BCUT2D eigenvalue weighted by molar-refractivity contribution is 0.124. The Morgan fingerprint density at radius 3 is 1.94 bits per heavy atom. The summed E-state index contributed by atoms with van der Waals surface area (Å²) in [5.74, 6) is 0. The molecule has 0 heterocycles. The zero-order chi connectivity index (χ0) is 12.8. The molecule has 0 rings (SSSR count). The molecule has 0 aromatic heterocycles. The number of aliphatic hydroxyl groups is 1. The predicted molar refractivity (Wildman–Crippen MR) is 76.1 cm³/mol. The summed E-state index contributed by atoms with van der Waals surface area (Å²) in [6, 6.07) is 0. The molecule has 0 bridgehead atoms. The van der Waals surface area contributed by atoms with Gasteiger partial charge in [0.15, 0.2) is 0 Å². The monoisotopic (exact) mass is 243 g/mol. The highest BCUT2D eigenvalue weighted by molar-refractivity contribution is 4.55. The van der Waals surface area contributed by atoms with E-state index in [1.807, 2.05) is 0 Å². The maximum absolute atomic E-state index is 9.68. The highest BCUT2D eigenvalue weighted by Gasteiger charge is 2.01. The summed E-state index contributed by atoms with van der Waals surface area (Å²) in [6.45, 7) is 5.42. The lowest BCUT2D eigenvalue weighted by atomic mass is 10.1. The molecule has 17 heavy (non-hydrogen) atoms. The van der Waals surface area contributed by atoms with E-state index in [-0.39, 0.29) is 6.23 Å². The quantitative estimate of drug-likeness (QED) is 0.375. The molecule has 0 saturated heterocycles. The summed E-state index contributed by atoms with van der Waals surface area (Å²) in [5, 5.41) is 12.9. The molecule has 0 saturated carbocycles. The van der Waals surface area contributed by atoms with Crippen molar-refractivity contribution < 1.29 is 5.11 Å². The van der Waals surface area contributed by atoms with Crippen molar-refractivity contribution in [2.24, 2.45) is 0 Å². The van der Waals surface area contributed by atoms with E-state index in [0.717, 1.165) is 19.4 Å². The number of hydrogen-bond donors (Lipinski definition) is 2. The van der Waals surface area contributed by atoms with Crippen molar-refractivity contribution in [1.82, 2.24) is 5.32 Å². The van der Waals surface area contributed by atoms with Crippen LogP contribution in [0.2, 0.25) is 0 Å². The lowest BCUT2D eigenvalue weighted by Crippen LogP contribution is -2.29. The number of rotatable bonds is 13. The van der Waals surface area contributed by atoms with Gasteiger partial charge < -0.3 is 5.11 Å². The number of unbranched alkanes of at least 4 members (excludes halogenated alkanes) is 8. The molecule has 0 aromatic carbocycles. The van der Waals surface area contributed by atoms with Gasteiger partial charge in [-0.05, 0) is 25.8 Å². The van der Waals surface area contributed by atoms with Crippen LogP contribution in [0.5, 0.6) is 0 Å². The van der Waals surface area contributed by atoms with Crippen LogP contribution in [0.4, 0.5) is 0 Å². The molecule has 2 nitrogen and oxygen atoms in total. The SMILES string of the molecule is CCCCCCCCCC(O)NCCCCC. The Labute approximate surface area is 108 Å². The Kier molecular flexibility index (Phi) is 13.9. The summed E-state index contributed by atoms with van der Waals surface area (Å²) < 4.78 is 0. The van der Waals surface area contributed by atoms with Gasteiger partial charge in [0.2, 0.25) is 0 Å². The molecule has 2 N–H and O–H groups in total. The van der Waals surface area contributed by atoms with E-state index < -0.39 is 0 Å². The third kappa shape index (κ3) is 13.9. The van der Waals surface area contributed by atoms with Crippen molar-refractivity contribution in [1.29, 1.82) is 0 Å². The van der Waals surface area contributed by atoms with Crippen molar-refractivity contribution in [3.05, 3.63) is 0 Å². The van der Waals surface area contributed by atoms with E-state index in [4.69, 9.17) is 0 Å². The first kappa shape index (κ1) is 16.9. The minimum Gasteiger partial charge on any atom is -0.379 e. The minimum atomic E-state index is -0.275. The second kappa shape index (κ2) is 14.0. The Hall–Kier alpha value is -0.0800. The Morgan fingerprint density at radius 1 is 0.765 bits per heavy atom. The first-order valence-corrected chi connectivity index (χ1v) is 7.72. The Bertz CT molecular complexity index is 139. The van der Waals surface area contributed by atoms with Crippen molar-refractivity contribution in [3.63, 3.8) is 0 Å². The molecule has 0 amide bonds. The Balaban J connectivity index is 3.08. The van der Waals surface area contributed by atoms with E-state index in [9.17, 15) is 5.11 Å². The van der Waals surface area contributed by atoms with E-state index in [0.29, 0.717) is 0 Å². The first-order chi connectivity index (χ1) is 8.31. The van der Waals surface area contributed by atoms with E-state index >= 15 is 0 Å². The predicted octanol–water partition coefficient (Wildman–Crippen LogP) is 4.23. The van der Waals surface area contributed by atoms with E-state index in [2.05, 4.69) is 19.2 Å². The molecule has 2 heteroatoms. The van der Waals surface area contributed by atoms with E-state index in [1.165, 1.54) is 57.8 Å². The molecular weight excluding hydrogens is 210 g/mol. The summed E-state index contributed by atoms with van der Waals surface area (Å²) in [6.07, 6.45) is 13.6. The average molecular weight is 243 g/mol. The van der Waals surface area contributed by atoms with Crippen LogP contribution in [0.3, 0.4) is 0 Å². The molecule has 1 unspecified atom stereocenters. The average Bonchev–Trinajstić information content (AvgIpc) is 2.33. The van der Waals surface area contributed by atoms with Crippen molar-refractivity contribution in [2.75, 3.05) is 6.54 Å². The topological polar surface area (TPSA) is 32.3 Å². The van der Waals surface area contributed by atoms with Crippen LogP contribution in [-0.2, 0) is 0 Å². The van der Waals surface area contributed by atoms with Gasteiger partial charge in [0.1, 0.15) is 6.23 Å². The second-order valence-corrected chi connectivity index (χ2v) is 5.09. The molecule has 0 fully saturated rings. The largest absolute Gasteiger partial charge is 0.379 e. The molecular formula is C15H33NO.